The van der Waals surface area contributed by atoms with Crippen LogP contribution in [0, 0.1) is 0 Å². The summed E-state index contributed by atoms with van der Waals surface area (Å²) < 4.78 is 7.41. The minimum absolute atomic E-state index is 0.0665. The lowest BCUT2D eigenvalue weighted by Gasteiger charge is -2.17. The lowest BCUT2D eigenvalue weighted by atomic mass is 10.1. The largest absolute Gasteiger partial charge is 0.390 e. The molecule has 1 aromatic heterocycles. The molecule has 4 aromatic rings. The minimum atomic E-state index is -0.237. The molecule has 200 valence electrons. The van der Waals surface area contributed by atoms with Crippen molar-refractivity contribution >= 4 is 34.2 Å². The molecule has 0 atom stereocenters. The number of fused-ring (bicyclic) bond motifs is 2. The number of aromatic nitrogens is 2. The Morgan fingerprint density at radius 2 is 1.74 bits per heavy atom. The number of imidazole rings is 1. The van der Waals surface area contributed by atoms with Crippen molar-refractivity contribution in [3.05, 3.63) is 95.3 Å². The average molecular weight is 526 g/mol. The van der Waals surface area contributed by atoms with Gasteiger partial charge >= 0.3 is 0 Å². The number of ether oxygens (including phenoxy) is 1. The summed E-state index contributed by atoms with van der Waals surface area (Å²) >= 11 is 0. The molecule has 0 aliphatic carbocycles. The van der Waals surface area contributed by atoms with Crippen LogP contribution < -0.4 is 4.90 Å². The Morgan fingerprint density at radius 1 is 1.00 bits per heavy atom. The van der Waals surface area contributed by atoms with Gasteiger partial charge in [-0.1, -0.05) is 47.6 Å². The number of methoxy groups -OCH3 is 1. The summed E-state index contributed by atoms with van der Waals surface area (Å²) in [6, 6.07) is 22.7. The second-order valence-corrected chi connectivity index (χ2v) is 9.53. The molecule has 3 aromatic carbocycles. The van der Waals surface area contributed by atoms with E-state index in [1.807, 2.05) is 60.7 Å². The van der Waals surface area contributed by atoms with Crippen LogP contribution in [0.1, 0.15) is 33.7 Å². The molecular weight excluding hydrogens is 494 g/mol. The Balaban J connectivity index is 1.36. The van der Waals surface area contributed by atoms with Gasteiger partial charge in [-0.3, -0.25) is 14.5 Å². The van der Waals surface area contributed by atoms with Gasteiger partial charge in [0, 0.05) is 45.5 Å². The first-order valence-corrected chi connectivity index (χ1v) is 12.8. The molecule has 0 N–H and O–H groups in total. The predicted octanol–water partition coefficient (Wildman–Crippen LogP) is 4.24. The number of aryl methyl sites for hydroxylation is 1. The molecule has 9 nitrogen and oxygen atoms in total. The van der Waals surface area contributed by atoms with Crippen molar-refractivity contribution in [1.29, 1.82) is 0 Å². The molecule has 9 heteroatoms. The summed E-state index contributed by atoms with van der Waals surface area (Å²) in [4.78, 5) is 39.4. The van der Waals surface area contributed by atoms with Gasteiger partial charge in [-0.2, -0.15) is 0 Å². The summed E-state index contributed by atoms with van der Waals surface area (Å²) in [5.41, 5.74) is 5.10. The van der Waals surface area contributed by atoms with E-state index in [4.69, 9.17) is 14.6 Å². The van der Waals surface area contributed by atoms with Crippen LogP contribution in [0.15, 0.2) is 78.0 Å². The van der Waals surface area contributed by atoms with Crippen LogP contribution in [-0.4, -0.2) is 59.8 Å². The summed E-state index contributed by atoms with van der Waals surface area (Å²) in [6.07, 6.45) is 0.833. The SMILES string of the molecule is COCCCn1c(CN2C(=O)/C(=N/OCc3ccc(C(=O)N(C)C)cc3)c3ccccc32)nc2ccccc21. The Labute approximate surface area is 227 Å². The molecular formula is C30H31N5O4. The van der Waals surface area contributed by atoms with Crippen molar-refractivity contribution in [3.63, 3.8) is 0 Å². The number of nitrogens with zero attached hydrogens (tertiary/aromatic N) is 5. The fourth-order valence-corrected chi connectivity index (χ4v) is 4.68. The fraction of sp³-hybridized carbons (Fsp3) is 0.267. The zero-order valence-corrected chi connectivity index (χ0v) is 22.3. The van der Waals surface area contributed by atoms with Crippen molar-refractivity contribution in [2.45, 2.75) is 26.1 Å². The van der Waals surface area contributed by atoms with Crippen molar-refractivity contribution in [3.8, 4) is 0 Å². The smallest absolute Gasteiger partial charge is 0.281 e. The third-order valence-corrected chi connectivity index (χ3v) is 6.66. The number of hydrogen-bond acceptors (Lipinski definition) is 6. The molecule has 1 aliphatic rings. The lowest BCUT2D eigenvalue weighted by Crippen LogP contribution is -2.31. The highest BCUT2D eigenvalue weighted by molar-refractivity contribution is 6.54. The van der Waals surface area contributed by atoms with Crippen molar-refractivity contribution < 1.29 is 19.2 Å². The third kappa shape index (κ3) is 5.39. The standard InChI is InChI=1S/C30H31N5O4/c1-33(2)29(36)22-15-13-21(14-16-22)20-39-32-28-23-9-4-6-11-25(23)35(30(28)37)19-27-31-24-10-5-7-12-26(24)34(27)17-8-18-38-3/h4-7,9-16H,8,17-20H2,1-3H3/b32-28+. The number of carbonyl (C=O) groups excluding carboxylic acids is 2. The van der Waals surface area contributed by atoms with E-state index >= 15 is 0 Å². The molecule has 39 heavy (non-hydrogen) atoms. The van der Waals surface area contributed by atoms with Crippen molar-refractivity contribution in [2.24, 2.45) is 5.16 Å². The van der Waals surface area contributed by atoms with Crippen LogP contribution in [-0.2, 0) is 34.1 Å². The van der Waals surface area contributed by atoms with E-state index in [9.17, 15) is 9.59 Å². The highest BCUT2D eigenvalue weighted by Gasteiger charge is 2.35. The number of para-hydroxylation sites is 3. The second kappa shape index (κ2) is 11.5. The first kappa shape index (κ1) is 26.1. The number of rotatable bonds is 10. The molecule has 2 amide bonds. The summed E-state index contributed by atoms with van der Waals surface area (Å²) in [6.45, 7) is 1.85. The molecule has 2 heterocycles. The maximum absolute atomic E-state index is 13.6. The van der Waals surface area contributed by atoms with Gasteiger partial charge in [0.2, 0.25) is 0 Å². The number of hydrogen-bond donors (Lipinski definition) is 0. The topological polar surface area (TPSA) is 89.3 Å². The van der Waals surface area contributed by atoms with Crippen LogP contribution in [0.5, 0.6) is 0 Å². The molecule has 0 radical (unpaired) electrons. The minimum Gasteiger partial charge on any atom is -0.390 e. The van der Waals surface area contributed by atoms with E-state index in [0.29, 0.717) is 18.7 Å². The molecule has 0 spiro atoms. The molecule has 0 bridgehead atoms. The number of benzene rings is 3. The van der Waals surface area contributed by atoms with Gasteiger partial charge in [0.1, 0.15) is 12.4 Å². The number of anilines is 1. The number of oxime groups is 1. The summed E-state index contributed by atoms with van der Waals surface area (Å²) in [7, 11) is 5.12. The number of carbonyl (C=O) groups is 2. The Bertz CT molecular complexity index is 1520. The Kier molecular flexibility index (Phi) is 7.69. The van der Waals surface area contributed by atoms with Crippen LogP contribution in [0.2, 0.25) is 0 Å². The van der Waals surface area contributed by atoms with E-state index < -0.39 is 0 Å². The van der Waals surface area contributed by atoms with Gasteiger partial charge in [-0.05, 0) is 42.3 Å². The monoisotopic (exact) mass is 525 g/mol. The van der Waals surface area contributed by atoms with Gasteiger partial charge in [0.15, 0.2) is 5.71 Å². The molecule has 1 aliphatic heterocycles. The van der Waals surface area contributed by atoms with Crippen molar-refractivity contribution in [2.75, 3.05) is 32.7 Å². The first-order valence-electron chi connectivity index (χ1n) is 12.8. The van der Waals surface area contributed by atoms with E-state index in [2.05, 4.69) is 9.72 Å². The highest BCUT2D eigenvalue weighted by atomic mass is 16.6. The predicted molar refractivity (Wildman–Crippen MR) is 150 cm³/mol. The van der Waals surface area contributed by atoms with Gasteiger partial charge < -0.3 is 19.0 Å². The molecule has 0 saturated heterocycles. The molecule has 0 unspecified atom stereocenters. The summed E-state index contributed by atoms with van der Waals surface area (Å²) in [5.74, 6) is 0.492. The van der Waals surface area contributed by atoms with Gasteiger partial charge in [-0.15, -0.1) is 0 Å². The first-order chi connectivity index (χ1) is 19.0. The van der Waals surface area contributed by atoms with E-state index in [0.717, 1.165) is 46.6 Å². The van der Waals surface area contributed by atoms with Crippen LogP contribution in [0.4, 0.5) is 5.69 Å². The Hall–Kier alpha value is -4.50. The quantitative estimate of drug-likeness (QED) is 0.228. The number of amides is 2. The van der Waals surface area contributed by atoms with E-state index in [1.165, 1.54) is 4.90 Å². The second-order valence-electron chi connectivity index (χ2n) is 9.53. The van der Waals surface area contributed by atoms with Crippen molar-refractivity contribution in [1.82, 2.24) is 14.5 Å². The maximum atomic E-state index is 13.6. The molecule has 0 saturated carbocycles. The third-order valence-electron chi connectivity index (χ3n) is 6.66. The Morgan fingerprint density at radius 3 is 2.51 bits per heavy atom. The van der Waals surface area contributed by atoms with Crippen LogP contribution in [0.3, 0.4) is 0 Å². The normalized spacial score (nSPS) is 13.8. The van der Waals surface area contributed by atoms with Gasteiger partial charge in [-0.25, -0.2) is 4.98 Å². The molecule has 0 fully saturated rings. The fourth-order valence-electron chi connectivity index (χ4n) is 4.68. The van der Waals surface area contributed by atoms with Crippen LogP contribution in [0.25, 0.3) is 11.0 Å². The van der Waals surface area contributed by atoms with Crippen LogP contribution >= 0.6 is 0 Å². The molecule has 5 rings (SSSR count). The zero-order chi connectivity index (χ0) is 27.4. The van der Waals surface area contributed by atoms with Gasteiger partial charge in [0.05, 0.1) is 23.3 Å². The van der Waals surface area contributed by atoms with E-state index in [-0.39, 0.29) is 24.1 Å². The highest BCUT2D eigenvalue weighted by Crippen LogP contribution is 2.31. The zero-order valence-electron chi connectivity index (χ0n) is 22.3. The maximum Gasteiger partial charge on any atom is 0.281 e. The lowest BCUT2D eigenvalue weighted by molar-refractivity contribution is -0.112. The van der Waals surface area contributed by atoms with Gasteiger partial charge in [0.25, 0.3) is 11.8 Å². The van der Waals surface area contributed by atoms with E-state index in [1.54, 1.807) is 38.2 Å². The summed E-state index contributed by atoms with van der Waals surface area (Å²) in [5, 5.41) is 4.25. The average Bonchev–Trinajstić information content (AvgIpc) is 3.43.